The lowest BCUT2D eigenvalue weighted by molar-refractivity contribution is -0.133. The third kappa shape index (κ3) is 1.93. The lowest BCUT2D eigenvalue weighted by Crippen LogP contribution is -2.08. The van der Waals surface area contributed by atoms with E-state index in [-0.39, 0.29) is 0 Å². The molecule has 0 unspecified atom stereocenters. The molecule has 0 saturated carbocycles. The van der Waals surface area contributed by atoms with E-state index < -0.39 is 5.97 Å². The highest BCUT2D eigenvalue weighted by Gasteiger charge is 2.15. The lowest BCUT2D eigenvalue weighted by atomic mass is 10.2. The van der Waals surface area contributed by atoms with Crippen molar-refractivity contribution in [3.05, 3.63) is 24.2 Å². The maximum atomic E-state index is 11.3. The first kappa shape index (κ1) is 10.3. The van der Waals surface area contributed by atoms with E-state index in [1.54, 1.807) is 24.0 Å². The Balaban J connectivity index is 3.07. The van der Waals surface area contributed by atoms with E-state index >= 15 is 0 Å². The van der Waals surface area contributed by atoms with Gasteiger partial charge >= 0.3 is 5.97 Å². The summed E-state index contributed by atoms with van der Waals surface area (Å²) < 4.78 is 11.0. The van der Waals surface area contributed by atoms with Crippen molar-refractivity contribution in [1.82, 2.24) is 9.78 Å². The highest BCUT2D eigenvalue weighted by Crippen LogP contribution is 2.14. The Morgan fingerprint density at radius 3 is 2.71 bits per heavy atom. The van der Waals surface area contributed by atoms with E-state index in [0.29, 0.717) is 11.3 Å². The van der Waals surface area contributed by atoms with Gasteiger partial charge in [0.15, 0.2) is 0 Å². The van der Waals surface area contributed by atoms with Crippen LogP contribution in [0.5, 0.6) is 0 Å². The van der Waals surface area contributed by atoms with Crippen molar-refractivity contribution in [1.29, 1.82) is 0 Å². The molecule has 0 fully saturated rings. The fraction of sp³-hybridized carbons (Fsp3) is 0.333. The molecule has 0 atom stereocenters. The summed E-state index contributed by atoms with van der Waals surface area (Å²) >= 11 is 0. The van der Waals surface area contributed by atoms with Gasteiger partial charge in [0.2, 0.25) is 0 Å². The minimum absolute atomic E-state index is 0.343. The molecule has 0 spiro atoms. The Labute approximate surface area is 81.9 Å². The summed E-state index contributed by atoms with van der Waals surface area (Å²) in [6.07, 6.45) is 2.94. The molecule has 0 aliphatic rings. The Morgan fingerprint density at radius 1 is 1.57 bits per heavy atom. The van der Waals surface area contributed by atoms with Gasteiger partial charge in [-0.05, 0) is 6.07 Å². The summed E-state index contributed by atoms with van der Waals surface area (Å²) in [6, 6.07) is 1.71. The number of carbonyl (C=O) groups is 1. The highest BCUT2D eigenvalue weighted by atomic mass is 16.5. The molecule has 14 heavy (non-hydrogen) atoms. The normalized spacial score (nSPS) is 11.2. The van der Waals surface area contributed by atoms with Crippen molar-refractivity contribution in [2.45, 2.75) is 0 Å². The van der Waals surface area contributed by atoms with Gasteiger partial charge in [-0.3, -0.25) is 4.68 Å². The summed E-state index contributed by atoms with van der Waals surface area (Å²) in [6.45, 7) is 0. The van der Waals surface area contributed by atoms with Crippen LogP contribution < -0.4 is 0 Å². The van der Waals surface area contributed by atoms with Crippen LogP contribution in [0.1, 0.15) is 5.69 Å². The highest BCUT2D eigenvalue weighted by molar-refractivity contribution is 6.15. The van der Waals surface area contributed by atoms with Crippen LogP contribution in [-0.2, 0) is 21.3 Å². The quantitative estimate of drug-likeness (QED) is 0.403. The summed E-state index contributed by atoms with van der Waals surface area (Å²) in [4.78, 5) is 11.3. The second-order valence-corrected chi connectivity index (χ2v) is 2.60. The van der Waals surface area contributed by atoms with Crippen LogP contribution >= 0.6 is 0 Å². The predicted molar refractivity (Wildman–Crippen MR) is 50.2 cm³/mol. The average Bonchev–Trinajstić information content (AvgIpc) is 2.60. The van der Waals surface area contributed by atoms with Crippen LogP contribution in [0.25, 0.3) is 5.57 Å². The van der Waals surface area contributed by atoms with E-state index in [4.69, 9.17) is 4.74 Å². The van der Waals surface area contributed by atoms with E-state index in [1.165, 1.54) is 20.5 Å². The number of carbonyl (C=O) groups excluding carboxylic acids is 1. The Bertz CT molecular complexity index is 355. The third-order valence-electron chi connectivity index (χ3n) is 1.74. The van der Waals surface area contributed by atoms with E-state index in [9.17, 15) is 4.79 Å². The molecule has 1 aromatic rings. The van der Waals surface area contributed by atoms with Crippen molar-refractivity contribution in [3.63, 3.8) is 0 Å². The van der Waals surface area contributed by atoms with Crippen LogP contribution in [0.3, 0.4) is 0 Å². The molecule has 5 nitrogen and oxygen atoms in total. The Hall–Kier alpha value is -1.78. The zero-order chi connectivity index (χ0) is 10.6. The monoisotopic (exact) mass is 196 g/mol. The molecule has 1 rings (SSSR count). The minimum Gasteiger partial charge on any atom is -0.503 e. The maximum absolute atomic E-state index is 11.3. The third-order valence-corrected chi connectivity index (χ3v) is 1.74. The Morgan fingerprint density at radius 2 is 2.29 bits per heavy atom. The number of hydrogen-bond acceptors (Lipinski definition) is 4. The molecule has 1 aromatic heterocycles. The Kier molecular flexibility index (Phi) is 3.28. The molecule has 76 valence electrons. The van der Waals surface area contributed by atoms with Gasteiger partial charge in [-0.1, -0.05) is 0 Å². The van der Waals surface area contributed by atoms with Crippen molar-refractivity contribution in [2.24, 2.45) is 7.05 Å². The van der Waals surface area contributed by atoms with Crippen LogP contribution in [0.15, 0.2) is 18.5 Å². The molecule has 0 N–H and O–H groups in total. The minimum atomic E-state index is -0.449. The molecule has 0 aromatic carbocycles. The fourth-order valence-corrected chi connectivity index (χ4v) is 1.08. The number of ether oxygens (including phenoxy) is 2. The van der Waals surface area contributed by atoms with Crippen LogP contribution in [0.4, 0.5) is 0 Å². The molecule has 0 aliphatic heterocycles. The van der Waals surface area contributed by atoms with Crippen LogP contribution in [0, 0.1) is 0 Å². The number of rotatable bonds is 3. The van der Waals surface area contributed by atoms with Gasteiger partial charge in [-0.15, -0.1) is 0 Å². The molecular weight excluding hydrogens is 184 g/mol. The summed E-state index contributed by atoms with van der Waals surface area (Å²) in [5, 5.41) is 3.95. The van der Waals surface area contributed by atoms with E-state index in [1.807, 2.05) is 0 Å². The van der Waals surface area contributed by atoms with Crippen molar-refractivity contribution in [3.8, 4) is 0 Å². The number of esters is 1. The molecular formula is C9H12N2O3. The van der Waals surface area contributed by atoms with Gasteiger partial charge < -0.3 is 9.47 Å². The molecule has 0 radical (unpaired) electrons. The average molecular weight is 196 g/mol. The smallest absolute Gasteiger partial charge is 0.343 e. The molecule has 1 heterocycles. The zero-order valence-corrected chi connectivity index (χ0v) is 8.35. The molecule has 0 amide bonds. The van der Waals surface area contributed by atoms with Crippen molar-refractivity contribution >= 4 is 11.5 Å². The summed E-state index contributed by atoms with van der Waals surface area (Å²) in [5.41, 5.74) is 0.994. The maximum Gasteiger partial charge on any atom is 0.343 e. The van der Waals surface area contributed by atoms with Gasteiger partial charge in [-0.25, -0.2) is 4.79 Å². The zero-order valence-electron chi connectivity index (χ0n) is 8.35. The van der Waals surface area contributed by atoms with Gasteiger partial charge in [0.05, 0.1) is 26.2 Å². The van der Waals surface area contributed by atoms with Gasteiger partial charge in [0.1, 0.15) is 5.57 Å². The largest absolute Gasteiger partial charge is 0.503 e. The molecule has 0 bridgehead atoms. The van der Waals surface area contributed by atoms with Crippen LogP contribution in [0.2, 0.25) is 0 Å². The number of aromatic nitrogens is 2. The number of hydrogen-bond donors (Lipinski definition) is 0. The fourth-order valence-electron chi connectivity index (χ4n) is 1.08. The number of methoxy groups -OCH3 is 2. The molecule has 0 saturated heterocycles. The van der Waals surface area contributed by atoms with Gasteiger partial charge in [0, 0.05) is 13.2 Å². The van der Waals surface area contributed by atoms with Crippen molar-refractivity contribution in [2.75, 3.05) is 14.2 Å². The van der Waals surface area contributed by atoms with E-state index in [0.717, 1.165) is 0 Å². The van der Waals surface area contributed by atoms with Crippen molar-refractivity contribution < 1.29 is 14.3 Å². The summed E-state index contributed by atoms with van der Waals surface area (Å²) in [5.74, 6) is -0.449. The SMILES string of the molecule is COC=C(C(=O)OC)c1ccnn1C. The topological polar surface area (TPSA) is 53.4 Å². The second kappa shape index (κ2) is 4.45. The number of nitrogens with zero attached hydrogens (tertiary/aromatic N) is 2. The number of aryl methyl sites for hydroxylation is 1. The second-order valence-electron chi connectivity index (χ2n) is 2.60. The lowest BCUT2D eigenvalue weighted by Gasteiger charge is -2.04. The predicted octanol–water partition coefficient (Wildman–Crippen LogP) is 0.580. The summed E-state index contributed by atoms with van der Waals surface area (Å²) in [7, 11) is 4.53. The first-order valence-corrected chi connectivity index (χ1v) is 4.00. The van der Waals surface area contributed by atoms with Crippen LogP contribution in [-0.4, -0.2) is 30.0 Å². The van der Waals surface area contributed by atoms with E-state index in [2.05, 4.69) is 9.84 Å². The standard InChI is InChI=1S/C9H12N2O3/c1-11-8(4-5-10-11)7(6-13-2)9(12)14-3/h4-6H,1-3H3. The van der Waals surface area contributed by atoms with Gasteiger partial charge in [0.25, 0.3) is 0 Å². The van der Waals surface area contributed by atoms with Gasteiger partial charge in [-0.2, -0.15) is 5.10 Å². The first-order valence-electron chi connectivity index (χ1n) is 4.00. The molecule has 0 aliphatic carbocycles. The molecule has 5 heteroatoms. The first-order chi connectivity index (χ1) is 6.70.